The molecular weight excluding hydrogens is 436 g/mol. The number of nitrogens with one attached hydrogen (secondary N) is 1. The number of benzene rings is 3. The summed E-state index contributed by atoms with van der Waals surface area (Å²) in [7, 11) is -4.37. The third kappa shape index (κ3) is 4.16. The van der Waals surface area contributed by atoms with Gasteiger partial charge in [-0.15, -0.1) is 0 Å². The highest BCUT2D eigenvalue weighted by Gasteiger charge is 2.41. The molecule has 1 aliphatic carbocycles. The van der Waals surface area contributed by atoms with Gasteiger partial charge in [0, 0.05) is 29.6 Å². The second-order valence-electron chi connectivity index (χ2n) is 8.00. The third-order valence-corrected chi connectivity index (χ3v) is 7.06. The van der Waals surface area contributed by atoms with Crippen molar-refractivity contribution in [3.63, 3.8) is 0 Å². The van der Waals surface area contributed by atoms with Gasteiger partial charge in [-0.1, -0.05) is 74.5 Å². The van der Waals surface area contributed by atoms with Crippen LogP contribution in [0.2, 0.25) is 0 Å². The van der Waals surface area contributed by atoms with Crippen LogP contribution >= 0.6 is 0 Å². The Morgan fingerprint density at radius 2 is 1.33 bits per heavy atom. The molecule has 0 unspecified atom stereocenters. The van der Waals surface area contributed by atoms with Gasteiger partial charge in [-0.05, 0) is 24.3 Å². The molecule has 0 saturated heterocycles. The van der Waals surface area contributed by atoms with E-state index in [9.17, 15) is 18.0 Å². The Balaban J connectivity index is 1.91. The van der Waals surface area contributed by atoms with Crippen LogP contribution in [0.15, 0.2) is 77.3 Å². The molecule has 4 rings (SSSR count). The fourth-order valence-electron chi connectivity index (χ4n) is 4.26. The van der Waals surface area contributed by atoms with Crippen LogP contribution in [-0.2, 0) is 10.0 Å². The molecule has 170 valence electrons. The molecular formula is C26H26N2O4S. The third-order valence-electron chi connectivity index (χ3n) is 5.66. The zero-order valence-electron chi connectivity index (χ0n) is 18.7. The maximum Gasteiger partial charge on any atom is 0.268 e. The van der Waals surface area contributed by atoms with Crippen LogP contribution in [0.5, 0.6) is 0 Å². The van der Waals surface area contributed by atoms with Crippen molar-refractivity contribution in [2.45, 2.75) is 26.7 Å². The lowest BCUT2D eigenvalue weighted by atomic mass is 9.91. The second-order valence-corrected chi connectivity index (χ2v) is 9.62. The molecule has 3 aromatic carbocycles. The van der Waals surface area contributed by atoms with Gasteiger partial charge < -0.3 is 4.90 Å². The van der Waals surface area contributed by atoms with Crippen molar-refractivity contribution in [1.82, 2.24) is 4.90 Å². The van der Waals surface area contributed by atoms with E-state index in [2.05, 4.69) is 4.72 Å². The molecule has 33 heavy (non-hydrogen) atoms. The van der Waals surface area contributed by atoms with E-state index in [-0.39, 0.29) is 16.8 Å². The van der Waals surface area contributed by atoms with Crippen molar-refractivity contribution in [2.75, 3.05) is 17.8 Å². The number of nitrogens with zero attached hydrogens (tertiary/aromatic N) is 1. The summed E-state index contributed by atoms with van der Waals surface area (Å²) in [6, 6.07) is 19.1. The van der Waals surface area contributed by atoms with Crippen molar-refractivity contribution in [1.29, 1.82) is 0 Å². The fraction of sp³-hybridized carbons (Fsp3) is 0.231. The Morgan fingerprint density at radius 1 is 0.758 bits per heavy atom. The lowest BCUT2D eigenvalue weighted by Gasteiger charge is -2.31. The number of sulfonamides is 1. The van der Waals surface area contributed by atoms with Gasteiger partial charge in [0.15, 0.2) is 4.91 Å². The molecule has 6 nitrogen and oxygen atoms in total. The van der Waals surface area contributed by atoms with Crippen molar-refractivity contribution in [3.05, 3.63) is 88.5 Å². The van der Waals surface area contributed by atoms with E-state index in [1.54, 1.807) is 35.2 Å². The van der Waals surface area contributed by atoms with E-state index < -0.39 is 26.5 Å². The maximum absolute atomic E-state index is 13.7. The standard InChI is InChI=1S/C26H26N2O4S/c1-3-16-28(17-4-2)23-24(29)20-13-7-8-14-21(20)25(30)26(23)33(31,32)27-22-15-9-11-18-10-5-6-12-19(18)22/h5-15,27H,3-4,16-17H2,1-2H3. The van der Waals surface area contributed by atoms with E-state index in [1.165, 1.54) is 6.07 Å². The lowest BCUT2D eigenvalue weighted by Crippen LogP contribution is -2.38. The first kappa shape index (κ1) is 22.7. The smallest absolute Gasteiger partial charge is 0.268 e. The minimum atomic E-state index is -4.37. The van der Waals surface area contributed by atoms with Gasteiger partial charge in [-0.2, -0.15) is 0 Å². The number of anilines is 1. The number of hydrogen-bond donors (Lipinski definition) is 1. The summed E-state index contributed by atoms with van der Waals surface area (Å²) < 4.78 is 30.0. The first-order valence-corrected chi connectivity index (χ1v) is 12.6. The molecule has 3 aromatic rings. The molecule has 0 amide bonds. The largest absolute Gasteiger partial charge is 0.367 e. The molecule has 0 bridgehead atoms. The number of carbonyl (C=O) groups excluding carboxylic acids is 2. The monoisotopic (exact) mass is 462 g/mol. The minimum absolute atomic E-state index is 0.0462. The number of hydrogen-bond acceptors (Lipinski definition) is 5. The van der Waals surface area contributed by atoms with Gasteiger partial charge in [0.1, 0.15) is 5.70 Å². The summed E-state index contributed by atoms with van der Waals surface area (Å²) in [6.45, 7) is 4.85. The number of rotatable bonds is 8. The molecule has 1 N–H and O–H groups in total. The lowest BCUT2D eigenvalue weighted by molar-refractivity contribution is 0.0946. The number of Topliss-reactive ketones (excluding diaryl/α,β-unsaturated/α-hetero) is 2. The van der Waals surface area contributed by atoms with Crippen LogP contribution < -0.4 is 4.72 Å². The molecule has 0 saturated carbocycles. The Morgan fingerprint density at radius 3 is 2.00 bits per heavy atom. The van der Waals surface area contributed by atoms with E-state index in [0.717, 1.165) is 5.39 Å². The SMILES string of the molecule is CCCN(CCC)C1=C(S(=O)(=O)Nc2cccc3ccccc23)C(=O)c2ccccc2C1=O. The molecule has 0 aliphatic heterocycles. The Kier molecular flexibility index (Phi) is 6.33. The normalized spacial score (nSPS) is 13.9. The number of ketones is 2. The minimum Gasteiger partial charge on any atom is -0.367 e. The van der Waals surface area contributed by atoms with E-state index in [4.69, 9.17) is 0 Å². The molecule has 7 heteroatoms. The number of allylic oxidation sites excluding steroid dienone is 2. The summed E-state index contributed by atoms with van der Waals surface area (Å²) in [4.78, 5) is 28.3. The Labute approximate surface area is 194 Å². The predicted octanol–water partition coefficient (Wildman–Crippen LogP) is 4.99. The first-order valence-electron chi connectivity index (χ1n) is 11.1. The summed E-state index contributed by atoms with van der Waals surface area (Å²) in [6.07, 6.45) is 1.41. The second kappa shape index (κ2) is 9.19. The zero-order valence-corrected chi connectivity index (χ0v) is 19.5. The number of carbonyl (C=O) groups is 2. The van der Waals surface area contributed by atoms with E-state index in [1.807, 2.05) is 44.2 Å². The van der Waals surface area contributed by atoms with Crippen molar-refractivity contribution >= 4 is 38.0 Å². The predicted molar refractivity (Wildman–Crippen MR) is 131 cm³/mol. The average molecular weight is 463 g/mol. The summed E-state index contributed by atoms with van der Waals surface area (Å²) in [5, 5.41) is 1.57. The van der Waals surface area contributed by atoms with Gasteiger partial charge in [0.25, 0.3) is 10.0 Å². The molecule has 0 atom stereocenters. The van der Waals surface area contributed by atoms with Crippen LogP contribution in [-0.4, -0.2) is 38.0 Å². The molecule has 1 aliphatic rings. The maximum atomic E-state index is 13.7. The highest BCUT2D eigenvalue weighted by atomic mass is 32.2. The van der Waals surface area contributed by atoms with Gasteiger partial charge in [-0.3, -0.25) is 14.3 Å². The summed E-state index contributed by atoms with van der Waals surface area (Å²) in [5.74, 6) is -1.10. The van der Waals surface area contributed by atoms with Crippen molar-refractivity contribution in [2.24, 2.45) is 0 Å². The Hall–Kier alpha value is -3.45. The van der Waals surface area contributed by atoms with E-state index in [0.29, 0.717) is 37.0 Å². The molecule has 0 radical (unpaired) electrons. The van der Waals surface area contributed by atoms with Gasteiger partial charge in [-0.25, -0.2) is 8.42 Å². The zero-order chi connectivity index (χ0) is 23.6. The highest BCUT2D eigenvalue weighted by Crippen LogP contribution is 2.33. The fourth-order valence-corrected chi connectivity index (χ4v) is 5.66. The van der Waals surface area contributed by atoms with Crippen LogP contribution in [0.4, 0.5) is 5.69 Å². The molecule has 0 fully saturated rings. The van der Waals surface area contributed by atoms with Crippen LogP contribution in [0.25, 0.3) is 10.8 Å². The van der Waals surface area contributed by atoms with Crippen molar-refractivity contribution < 1.29 is 18.0 Å². The molecule has 0 spiro atoms. The van der Waals surface area contributed by atoms with Crippen LogP contribution in [0, 0.1) is 0 Å². The number of fused-ring (bicyclic) bond motifs is 2. The topological polar surface area (TPSA) is 83.6 Å². The van der Waals surface area contributed by atoms with Gasteiger partial charge >= 0.3 is 0 Å². The van der Waals surface area contributed by atoms with Crippen LogP contribution in [0.1, 0.15) is 47.4 Å². The first-order chi connectivity index (χ1) is 15.9. The van der Waals surface area contributed by atoms with Crippen molar-refractivity contribution in [3.8, 4) is 0 Å². The van der Waals surface area contributed by atoms with Crippen LogP contribution in [0.3, 0.4) is 0 Å². The highest BCUT2D eigenvalue weighted by molar-refractivity contribution is 7.97. The molecule has 0 heterocycles. The summed E-state index contributed by atoms with van der Waals surface area (Å²) >= 11 is 0. The average Bonchev–Trinajstić information content (AvgIpc) is 2.81. The summed E-state index contributed by atoms with van der Waals surface area (Å²) in [5.41, 5.74) is 0.656. The van der Waals surface area contributed by atoms with Gasteiger partial charge in [0.2, 0.25) is 11.6 Å². The molecule has 0 aromatic heterocycles. The Bertz CT molecular complexity index is 1360. The quantitative estimate of drug-likeness (QED) is 0.510. The van der Waals surface area contributed by atoms with E-state index >= 15 is 0 Å². The van der Waals surface area contributed by atoms with Gasteiger partial charge in [0.05, 0.1) is 5.69 Å².